The van der Waals surface area contributed by atoms with Gasteiger partial charge in [0, 0.05) is 0 Å². The first-order chi connectivity index (χ1) is 11.9. The number of aliphatic hydroxyl groups is 1. The number of rotatable bonds is 18. The Hall–Kier alpha value is -0.130. The molecule has 0 aromatic carbocycles. The summed E-state index contributed by atoms with van der Waals surface area (Å²) >= 11 is 0. The molecule has 0 spiro atoms. The van der Waals surface area contributed by atoms with Gasteiger partial charge in [0.15, 0.2) is 0 Å². The van der Waals surface area contributed by atoms with Gasteiger partial charge in [-0.05, 0) is 25.7 Å². The molecule has 0 rings (SSSR count). The van der Waals surface area contributed by atoms with Crippen molar-refractivity contribution in [1.82, 2.24) is 0 Å². The van der Waals surface area contributed by atoms with Crippen molar-refractivity contribution in [3.63, 3.8) is 0 Å². The van der Waals surface area contributed by atoms with Gasteiger partial charge in [0.05, 0.1) is 11.4 Å². The minimum absolute atomic E-state index is 0.153. The Morgan fingerprint density at radius 2 is 1.08 bits per heavy atom. The average molecular weight is 379 g/mol. The second kappa shape index (κ2) is 16.1. The molecule has 0 fully saturated rings. The van der Waals surface area contributed by atoms with E-state index in [0.717, 1.165) is 51.4 Å². The summed E-state index contributed by atoms with van der Waals surface area (Å²) in [6, 6.07) is 0. The first kappa shape index (κ1) is 24.9. The van der Waals surface area contributed by atoms with E-state index < -0.39 is 15.4 Å². The summed E-state index contributed by atoms with van der Waals surface area (Å²) in [4.78, 5) is 0. The third-order valence-electron chi connectivity index (χ3n) is 5.08. The summed E-state index contributed by atoms with van der Waals surface area (Å²) in [5.74, 6) is 0. The summed E-state index contributed by atoms with van der Waals surface area (Å²) < 4.78 is 31.3. The highest BCUT2D eigenvalue weighted by Gasteiger charge is 2.19. The molecule has 0 heterocycles. The van der Waals surface area contributed by atoms with E-state index in [1.807, 2.05) is 0 Å². The summed E-state index contributed by atoms with van der Waals surface area (Å²) in [6.45, 7) is 4.03. The molecule has 4 nitrogen and oxygen atoms in total. The van der Waals surface area contributed by atoms with Crippen LogP contribution in [-0.4, -0.2) is 29.4 Å². The number of aliphatic hydroxyl groups excluding tert-OH is 1. The summed E-state index contributed by atoms with van der Waals surface area (Å²) in [5.41, 5.74) is 0. The SMILES string of the molecule is CCCCCCCCCC(O)CCCCCCCC(CC)S(=O)(=O)O. The van der Waals surface area contributed by atoms with Gasteiger partial charge in [-0.15, -0.1) is 0 Å². The van der Waals surface area contributed by atoms with Crippen LogP contribution in [0.4, 0.5) is 0 Å². The molecular weight excluding hydrogens is 336 g/mol. The molecule has 0 aliphatic rings. The third-order valence-corrected chi connectivity index (χ3v) is 6.49. The quantitative estimate of drug-likeness (QED) is 0.230. The van der Waals surface area contributed by atoms with Crippen molar-refractivity contribution in [2.75, 3.05) is 0 Å². The van der Waals surface area contributed by atoms with Crippen LogP contribution in [0.2, 0.25) is 0 Å². The molecule has 0 radical (unpaired) electrons. The molecular formula is C20H42O4S. The monoisotopic (exact) mass is 378 g/mol. The van der Waals surface area contributed by atoms with E-state index in [9.17, 15) is 13.5 Å². The van der Waals surface area contributed by atoms with E-state index >= 15 is 0 Å². The zero-order valence-electron chi connectivity index (χ0n) is 16.6. The lowest BCUT2D eigenvalue weighted by molar-refractivity contribution is 0.147. The van der Waals surface area contributed by atoms with Crippen LogP contribution in [0, 0.1) is 0 Å². The fourth-order valence-electron chi connectivity index (χ4n) is 3.33. The number of unbranched alkanes of at least 4 members (excludes halogenated alkanes) is 10. The summed E-state index contributed by atoms with van der Waals surface area (Å²) in [6.07, 6.45) is 16.8. The lowest BCUT2D eigenvalue weighted by atomic mass is 10.0. The van der Waals surface area contributed by atoms with Crippen molar-refractivity contribution in [2.45, 2.75) is 128 Å². The standard InChI is InChI=1S/C20H42O4S/c1-3-5-6-7-8-10-13-16-19(21)17-14-11-9-12-15-18-20(4-2)25(22,23)24/h19-21H,3-18H2,1-2H3,(H,22,23,24). The molecule has 2 unspecified atom stereocenters. The van der Waals surface area contributed by atoms with E-state index in [4.69, 9.17) is 4.55 Å². The van der Waals surface area contributed by atoms with Crippen LogP contribution in [0.5, 0.6) is 0 Å². The molecule has 0 saturated heterocycles. The van der Waals surface area contributed by atoms with E-state index in [1.54, 1.807) is 6.92 Å². The molecule has 25 heavy (non-hydrogen) atoms. The van der Waals surface area contributed by atoms with Crippen molar-refractivity contribution < 1.29 is 18.1 Å². The third kappa shape index (κ3) is 15.8. The molecule has 2 N–H and O–H groups in total. The normalized spacial score (nSPS) is 14.6. The molecule has 0 aromatic rings. The van der Waals surface area contributed by atoms with Crippen LogP contribution in [-0.2, 0) is 10.1 Å². The Balaban J connectivity index is 3.41. The van der Waals surface area contributed by atoms with Gasteiger partial charge in [0.2, 0.25) is 0 Å². The highest BCUT2D eigenvalue weighted by Crippen LogP contribution is 2.17. The molecule has 5 heteroatoms. The van der Waals surface area contributed by atoms with Gasteiger partial charge >= 0.3 is 0 Å². The lowest BCUT2D eigenvalue weighted by Crippen LogP contribution is -2.19. The average Bonchev–Trinajstić information content (AvgIpc) is 2.55. The Morgan fingerprint density at radius 1 is 0.680 bits per heavy atom. The van der Waals surface area contributed by atoms with Crippen molar-refractivity contribution in [3.8, 4) is 0 Å². The van der Waals surface area contributed by atoms with Gasteiger partial charge in [-0.3, -0.25) is 4.55 Å². The van der Waals surface area contributed by atoms with E-state index in [2.05, 4.69) is 6.92 Å². The maximum Gasteiger partial charge on any atom is 0.267 e. The van der Waals surface area contributed by atoms with Crippen LogP contribution < -0.4 is 0 Å². The first-order valence-corrected chi connectivity index (χ1v) is 12.1. The Morgan fingerprint density at radius 3 is 1.48 bits per heavy atom. The van der Waals surface area contributed by atoms with Gasteiger partial charge in [-0.1, -0.05) is 90.9 Å². The maximum atomic E-state index is 11.1. The topological polar surface area (TPSA) is 74.6 Å². The molecule has 0 aliphatic carbocycles. The summed E-state index contributed by atoms with van der Waals surface area (Å²) in [5, 5.41) is 9.39. The molecule has 2 atom stereocenters. The smallest absolute Gasteiger partial charge is 0.267 e. The fourth-order valence-corrected chi connectivity index (χ4v) is 4.21. The van der Waals surface area contributed by atoms with E-state index in [1.165, 1.54) is 38.5 Å². The first-order valence-electron chi connectivity index (χ1n) is 10.6. The van der Waals surface area contributed by atoms with Crippen molar-refractivity contribution in [3.05, 3.63) is 0 Å². The zero-order valence-corrected chi connectivity index (χ0v) is 17.4. The molecule has 0 bridgehead atoms. The van der Waals surface area contributed by atoms with Gasteiger partial charge in [-0.2, -0.15) is 8.42 Å². The van der Waals surface area contributed by atoms with Crippen molar-refractivity contribution >= 4 is 10.1 Å². The van der Waals surface area contributed by atoms with Crippen LogP contribution in [0.25, 0.3) is 0 Å². The highest BCUT2D eigenvalue weighted by atomic mass is 32.2. The summed E-state index contributed by atoms with van der Waals surface area (Å²) in [7, 11) is -3.87. The van der Waals surface area contributed by atoms with E-state index in [-0.39, 0.29) is 6.10 Å². The van der Waals surface area contributed by atoms with Crippen LogP contribution in [0.3, 0.4) is 0 Å². The molecule has 0 amide bonds. The fraction of sp³-hybridized carbons (Fsp3) is 1.00. The Labute approximate surface area is 156 Å². The zero-order chi connectivity index (χ0) is 19.0. The molecule has 0 saturated carbocycles. The van der Waals surface area contributed by atoms with Crippen molar-refractivity contribution in [2.24, 2.45) is 0 Å². The predicted molar refractivity (Wildman–Crippen MR) is 107 cm³/mol. The van der Waals surface area contributed by atoms with Crippen LogP contribution in [0.1, 0.15) is 117 Å². The highest BCUT2D eigenvalue weighted by molar-refractivity contribution is 7.86. The lowest BCUT2D eigenvalue weighted by Gasteiger charge is -2.12. The van der Waals surface area contributed by atoms with Gasteiger partial charge in [0.1, 0.15) is 0 Å². The van der Waals surface area contributed by atoms with Crippen LogP contribution in [0.15, 0.2) is 0 Å². The molecule has 0 aliphatic heterocycles. The largest absolute Gasteiger partial charge is 0.393 e. The predicted octanol–water partition coefficient (Wildman–Crippen LogP) is 5.89. The van der Waals surface area contributed by atoms with Crippen LogP contribution >= 0.6 is 0 Å². The van der Waals surface area contributed by atoms with Gasteiger partial charge in [-0.25, -0.2) is 0 Å². The number of hydrogen-bond acceptors (Lipinski definition) is 3. The number of hydrogen-bond donors (Lipinski definition) is 2. The van der Waals surface area contributed by atoms with Gasteiger partial charge in [0.25, 0.3) is 10.1 Å². The van der Waals surface area contributed by atoms with Crippen molar-refractivity contribution in [1.29, 1.82) is 0 Å². The van der Waals surface area contributed by atoms with E-state index in [0.29, 0.717) is 12.8 Å². The maximum absolute atomic E-state index is 11.1. The second-order valence-electron chi connectivity index (χ2n) is 7.45. The Bertz CT molecular complexity index is 381. The Kier molecular flexibility index (Phi) is 16.0. The second-order valence-corrected chi connectivity index (χ2v) is 9.15. The van der Waals surface area contributed by atoms with Gasteiger partial charge < -0.3 is 5.11 Å². The molecule has 152 valence electrons. The minimum Gasteiger partial charge on any atom is -0.393 e. The molecule has 0 aromatic heterocycles. The minimum atomic E-state index is -3.87.